The predicted molar refractivity (Wildman–Crippen MR) is 50.5 cm³/mol. The number of ketones is 1. The largest absolute Gasteiger partial charge is 0.299 e. The Bertz CT molecular complexity index is 184. The predicted octanol–water partition coefficient (Wildman–Crippen LogP) is 1.95. The fraction of sp³-hybridized carbons (Fsp3) is 0.889. The second kappa shape index (κ2) is 2.51. The molecular formula is C9H16OS. The minimum Gasteiger partial charge on any atom is -0.299 e. The third-order valence-electron chi connectivity index (χ3n) is 3.03. The zero-order valence-corrected chi connectivity index (χ0v) is 7.95. The van der Waals surface area contributed by atoms with Gasteiger partial charge in [-0.15, -0.1) is 0 Å². The average Bonchev–Trinajstić information content (AvgIpc) is 2.70. The summed E-state index contributed by atoms with van der Waals surface area (Å²) in [5.41, 5.74) is 0. The van der Waals surface area contributed by atoms with E-state index in [1.54, 1.807) is 0 Å². The molecule has 1 nitrogen and oxygen atoms in total. The first kappa shape index (κ1) is 7.66. The number of hydrogen-bond donors (Lipinski definition) is 0. The molecule has 0 aromatic heterocycles. The van der Waals surface area contributed by atoms with E-state index in [2.05, 4.69) is 6.26 Å². The number of hydrogen-bond acceptors (Lipinski definition) is 1. The zero-order valence-electron chi connectivity index (χ0n) is 7.14. The normalized spacial score (nSPS) is 38.3. The number of carbonyl (C=O) groups is 1. The van der Waals surface area contributed by atoms with Gasteiger partial charge >= 0.3 is 0 Å². The highest BCUT2D eigenvalue weighted by Gasteiger charge is 2.43. The van der Waals surface area contributed by atoms with Crippen LogP contribution in [-0.4, -0.2) is 28.8 Å². The van der Waals surface area contributed by atoms with Gasteiger partial charge in [0.2, 0.25) is 0 Å². The SMILES string of the molecule is CS1(C2CCCCC2=O)CC1. The summed E-state index contributed by atoms with van der Waals surface area (Å²) in [7, 11) is -0.375. The highest BCUT2D eigenvalue weighted by atomic mass is 32.3. The van der Waals surface area contributed by atoms with Gasteiger partial charge in [0.15, 0.2) is 0 Å². The molecule has 1 aliphatic heterocycles. The van der Waals surface area contributed by atoms with Crippen LogP contribution in [0.1, 0.15) is 25.7 Å². The first-order valence-electron chi connectivity index (χ1n) is 4.48. The van der Waals surface area contributed by atoms with Crippen LogP contribution in [0, 0.1) is 0 Å². The van der Waals surface area contributed by atoms with E-state index >= 15 is 0 Å². The molecule has 2 aliphatic rings. The molecule has 11 heavy (non-hydrogen) atoms. The maximum Gasteiger partial charge on any atom is 0.144 e. The van der Waals surface area contributed by atoms with E-state index in [4.69, 9.17) is 0 Å². The number of carbonyl (C=O) groups excluding carboxylic acids is 1. The lowest BCUT2D eigenvalue weighted by Crippen LogP contribution is -2.25. The van der Waals surface area contributed by atoms with E-state index in [1.165, 1.54) is 24.3 Å². The van der Waals surface area contributed by atoms with Gasteiger partial charge in [-0.2, -0.15) is 0 Å². The van der Waals surface area contributed by atoms with Crippen molar-refractivity contribution in [3.8, 4) is 0 Å². The number of Topliss-reactive ketones (excluding diaryl/α,β-unsaturated/α-hetero) is 1. The Morgan fingerprint density at radius 3 is 2.64 bits per heavy atom. The van der Waals surface area contributed by atoms with Crippen molar-refractivity contribution in [1.29, 1.82) is 0 Å². The summed E-state index contributed by atoms with van der Waals surface area (Å²) in [6.07, 6.45) is 6.92. The Kier molecular flexibility index (Phi) is 1.75. The standard InChI is InChI=1S/C9H16OS/c1-11(6-7-11)9-5-3-2-4-8(9)10/h9H,2-7H2,1H3. The molecule has 0 N–H and O–H groups in total. The van der Waals surface area contributed by atoms with E-state index < -0.39 is 0 Å². The summed E-state index contributed by atoms with van der Waals surface area (Å²) in [5, 5.41) is 0.524. The van der Waals surface area contributed by atoms with Crippen molar-refractivity contribution in [3.05, 3.63) is 0 Å². The van der Waals surface area contributed by atoms with Gasteiger partial charge in [-0.25, -0.2) is 10.0 Å². The van der Waals surface area contributed by atoms with Crippen LogP contribution >= 0.6 is 10.0 Å². The molecule has 1 unspecified atom stereocenters. The van der Waals surface area contributed by atoms with Crippen LogP contribution in [-0.2, 0) is 4.79 Å². The first-order chi connectivity index (χ1) is 5.22. The molecule has 0 amide bonds. The summed E-state index contributed by atoms with van der Waals surface area (Å²) in [5.74, 6) is 3.35. The summed E-state index contributed by atoms with van der Waals surface area (Å²) in [4.78, 5) is 11.5. The zero-order chi connectivity index (χ0) is 7.90. The maximum absolute atomic E-state index is 11.5. The third-order valence-corrected chi connectivity index (χ3v) is 6.60. The van der Waals surface area contributed by atoms with Gasteiger partial charge in [0.25, 0.3) is 0 Å². The topological polar surface area (TPSA) is 17.1 Å². The highest BCUT2D eigenvalue weighted by Crippen LogP contribution is 2.64. The van der Waals surface area contributed by atoms with Crippen LogP contribution in [0.15, 0.2) is 0 Å². The summed E-state index contributed by atoms with van der Waals surface area (Å²) < 4.78 is 0. The highest BCUT2D eigenvalue weighted by molar-refractivity contribution is 8.39. The van der Waals surface area contributed by atoms with Crippen LogP contribution in [0.2, 0.25) is 0 Å². The van der Waals surface area contributed by atoms with Crippen molar-refractivity contribution in [2.24, 2.45) is 0 Å². The second-order valence-corrected chi connectivity index (χ2v) is 8.05. The van der Waals surface area contributed by atoms with Crippen LogP contribution < -0.4 is 0 Å². The lowest BCUT2D eigenvalue weighted by Gasteiger charge is -2.29. The lowest BCUT2D eigenvalue weighted by atomic mass is 9.99. The van der Waals surface area contributed by atoms with Gasteiger partial charge in [-0.1, -0.05) is 6.42 Å². The van der Waals surface area contributed by atoms with Crippen molar-refractivity contribution in [3.63, 3.8) is 0 Å². The molecule has 0 spiro atoms. The lowest BCUT2D eigenvalue weighted by molar-refractivity contribution is -0.119. The third kappa shape index (κ3) is 1.33. The fourth-order valence-electron chi connectivity index (χ4n) is 1.97. The molecule has 0 aromatic rings. The molecule has 0 aromatic carbocycles. The molecule has 0 bridgehead atoms. The van der Waals surface area contributed by atoms with Crippen molar-refractivity contribution < 1.29 is 4.79 Å². The van der Waals surface area contributed by atoms with E-state index in [0.29, 0.717) is 11.0 Å². The van der Waals surface area contributed by atoms with Gasteiger partial charge in [-0.05, 0) is 30.6 Å². The Labute approximate surface area is 69.9 Å². The molecule has 64 valence electrons. The molecule has 1 saturated heterocycles. The monoisotopic (exact) mass is 172 g/mol. The van der Waals surface area contributed by atoms with Crippen molar-refractivity contribution >= 4 is 15.8 Å². The molecule has 1 aliphatic carbocycles. The molecule has 0 radical (unpaired) electrons. The van der Waals surface area contributed by atoms with E-state index in [9.17, 15) is 4.79 Å². The molecule has 1 saturated carbocycles. The molecular weight excluding hydrogens is 156 g/mol. The van der Waals surface area contributed by atoms with Gasteiger partial charge in [0.05, 0.1) is 0 Å². The molecule has 1 atom stereocenters. The van der Waals surface area contributed by atoms with Crippen molar-refractivity contribution in [2.75, 3.05) is 17.8 Å². The Balaban J connectivity index is 2.05. The van der Waals surface area contributed by atoms with Crippen LogP contribution in [0.3, 0.4) is 0 Å². The summed E-state index contributed by atoms with van der Waals surface area (Å²) >= 11 is 0. The molecule has 2 fully saturated rings. The quantitative estimate of drug-likeness (QED) is 0.552. The number of rotatable bonds is 1. The fourth-order valence-corrected chi connectivity index (χ4v) is 5.08. The van der Waals surface area contributed by atoms with Gasteiger partial charge in [0, 0.05) is 11.7 Å². The van der Waals surface area contributed by atoms with Crippen LogP contribution in [0.25, 0.3) is 0 Å². The average molecular weight is 172 g/mol. The summed E-state index contributed by atoms with van der Waals surface area (Å²) in [6, 6.07) is 0. The smallest absolute Gasteiger partial charge is 0.144 e. The minimum atomic E-state index is -0.375. The summed E-state index contributed by atoms with van der Waals surface area (Å²) in [6.45, 7) is 0. The maximum atomic E-state index is 11.5. The molecule has 2 heteroatoms. The Morgan fingerprint density at radius 2 is 2.09 bits per heavy atom. The van der Waals surface area contributed by atoms with Crippen molar-refractivity contribution in [2.45, 2.75) is 30.9 Å². The Morgan fingerprint density at radius 1 is 1.36 bits per heavy atom. The van der Waals surface area contributed by atoms with Gasteiger partial charge < -0.3 is 0 Å². The Hall–Kier alpha value is 0.0200. The van der Waals surface area contributed by atoms with Crippen molar-refractivity contribution in [1.82, 2.24) is 0 Å². The van der Waals surface area contributed by atoms with Crippen LogP contribution in [0.5, 0.6) is 0 Å². The van der Waals surface area contributed by atoms with Gasteiger partial charge in [0.1, 0.15) is 5.78 Å². The van der Waals surface area contributed by atoms with Crippen LogP contribution in [0.4, 0.5) is 0 Å². The molecule has 2 rings (SSSR count). The second-order valence-electron chi connectivity index (χ2n) is 3.96. The van der Waals surface area contributed by atoms with Gasteiger partial charge in [-0.3, -0.25) is 4.79 Å². The molecule has 1 heterocycles. The first-order valence-corrected chi connectivity index (χ1v) is 6.92. The minimum absolute atomic E-state index is 0.375. The van der Waals surface area contributed by atoms with E-state index in [1.807, 2.05) is 0 Å². The van der Waals surface area contributed by atoms with E-state index in [0.717, 1.165) is 12.8 Å². The van der Waals surface area contributed by atoms with E-state index in [-0.39, 0.29) is 10.0 Å².